The zero-order chi connectivity index (χ0) is 12.7. The molecular weight excluding hydrogens is 244 g/mol. The molecule has 1 fully saturated rings. The number of alkyl halides is 1. The Morgan fingerprint density at radius 1 is 1.33 bits per heavy atom. The average molecular weight is 263 g/mol. The largest absolute Gasteiger partial charge is 0.268 e. The first kappa shape index (κ1) is 12.0. The van der Waals surface area contributed by atoms with E-state index in [1.807, 2.05) is 11.7 Å². The van der Waals surface area contributed by atoms with Crippen LogP contribution in [0, 0.1) is 11.8 Å². The molecule has 1 aromatic heterocycles. The highest BCUT2D eigenvalue weighted by Crippen LogP contribution is 2.38. The SMILES string of the molecule is CC1C(Cl)CCC1Cc1nn(C)c2ccccc12. The first-order chi connectivity index (χ1) is 8.66. The molecule has 3 unspecified atom stereocenters. The molecule has 0 aliphatic heterocycles. The number of para-hydroxylation sites is 1. The van der Waals surface area contributed by atoms with Gasteiger partial charge in [-0.2, -0.15) is 5.10 Å². The molecule has 3 rings (SSSR count). The fourth-order valence-corrected chi connectivity index (χ4v) is 3.50. The van der Waals surface area contributed by atoms with Crippen molar-refractivity contribution in [3.05, 3.63) is 30.0 Å². The predicted molar refractivity (Wildman–Crippen MR) is 75.9 cm³/mol. The van der Waals surface area contributed by atoms with Crippen LogP contribution < -0.4 is 0 Å². The van der Waals surface area contributed by atoms with Crippen molar-refractivity contribution in [1.82, 2.24) is 9.78 Å². The highest BCUT2D eigenvalue weighted by molar-refractivity contribution is 6.20. The van der Waals surface area contributed by atoms with E-state index in [9.17, 15) is 0 Å². The zero-order valence-corrected chi connectivity index (χ0v) is 11.7. The lowest BCUT2D eigenvalue weighted by Gasteiger charge is -2.15. The van der Waals surface area contributed by atoms with E-state index in [0.29, 0.717) is 17.2 Å². The molecule has 2 nitrogen and oxygen atoms in total. The lowest BCUT2D eigenvalue weighted by molar-refractivity contribution is 0.415. The maximum Gasteiger partial charge on any atom is 0.0706 e. The van der Waals surface area contributed by atoms with Crippen molar-refractivity contribution in [3.63, 3.8) is 0 Å². The predicted octanol–water partition coefficient (Wildman–Crippen LogP) is 3.77. The number of rotatable bonds is 2. The molecule has 0 radical (unpaired) electrons. The normalized spacial score (nSPS) is 28.1. The number of aromatic nitrogens is 2. The number of aryl methyl sites for hydroxylation is 1. The van der Waals surface area contributed by atoms with Gasteiger partial charge < -0.3 is 0 Å². The summed E-state index contributed by atoms with van der Waals surface area (Å²) in [6, 6.07) is 8.47. The summed E-state index contributed by atoms with van der Waals surface area (Å²) in [5.41, 5.74) is 2.45. The smallest absolute Gasteiger partial charge is 0.0706 e. The first-order valence-electron chi connectivity index (χ1n) is 6.71. The number of hydrogen-bond acceptors (Lipinski definition) is 1. The van der Waals surface area contributed by atoms with Gasteiger partial charge in [-0.1, -0.05) is 25.1 Å². The van der Waals surface area contributed by atoms with E-state index in [1.165, 1.54) is 23.0 Å². The molecule has 3 heteroatoms. The van der Waals surface area contributed by atoms with Crippen molar-refractivity contribution in [2.75, 3.05) is 0 Å². The Bertz CT molecular complexity index is 561. The second-order valence-corrected chi connectivity index (χ2v) is 6.06. The van der Waals surface area contributed by atoms with Gasteiger partial charge in [0.1, 0.15) is 0 Å². The quantitative estimate of drug-likeness (QED) is 0.754. The van der Waals surface area contributed by atoms with Gasteiger partial charge in [-0.25, -0.2) is 0 Å². The third-order valence-corrected chi connectivity index (χ3v) is 5.03. The van der Waals surface area contributed by atoms with Crippen LogP contribution in [0.1, 0.15) is 25.5 Å². The Morgan fingerprint density at radius 2 is 2.11 bits per heavy atom. The average Bonchev–Trinajstić information content (AvgIpc) is 2.86. The van der Waals surface area contributed by atoms with E-state index in [2.05, 4.69) is 36.3 Å². The van der Waals surface area contributed by atoms with E-state index in [-0.39, 0.29) is 0 Å². The van der Waals surface area contributed by atoms with Gasteiger partial charge >= 0.3 is 0 Å². The number of halogens is 1. The molecule has 2 aromatic rings. The molecule has 0 N–H and O–H groups in total. The Labute approximate surface area is 113 Å². The van der Waals surface area contributed by atoms with Gasteiger partial charge in [0.05, 0.1) is 11.2 Å². The Morgan fingerprint density at radius 3 is 2.83 bits per heavy atom. The number of benzene rings is 1. The summed E-state index contributed by atoms with van der Waals surface area (Å²) in [6.07, 6.45) is 3.45. The number of nitrogens with zero attached hydrogens (tertiary/aromatic N) is 2. The fraction of sp³-hybridized carbons (Fsp3) is 0.533. The van der Waals surface area contributed by atoms with Crippen molar-refractivity contribution < 1.29 is 0 Å². The van der Waals surface area contributed by atoms with Crippen LogP contribution in [0.2, 0.25) is 0 Å². The Balaban J connectivity index is 1.91. The van der Waals surface area contributed by atoms with E-state index < -0.39 is 0 Å². The summed E-state index contributed by atoms with van der Waals surface area (Å²) in [4.78, 5) is 0. The minimum absolute atomic E-state index is 0.352. The lowest BCUT2D eigenvalue weighted by Crippen LogP contribution is -2.13. The topological polar surface area (TPSA) is 17.8 Å². The molecule has 0 bridgehead atoms. The van der Waals surface area contributed by atoms with Crippen LogP contribution in [-0.4, -0.2) is 15.2 Å². The molecule has 3 atom stereocenters. The van der Waals surface area contributed by atoms with Gasteiger partial charge in [-0.05, 0) is 37.2 Å². The third-order valence-electron chi connectivity index (χ3n) is 4.42. The molecule has 0 amide bonds. The lowest BCUT2D eigenvalue weighted by atomic mass is 9.92. The number of hydrogen-bond donors (Lipinski definition) is 0. The van der Waals surface area contributed by atoms with Gasteiger partial charge in [0.25, 0.3) is 0 Å². The molecule has 0 saturated heterocycles. The molecule has 18 heavy (non-hydrogen) atoms. The fourth-order valence-electron chi connectivity index (χ4n) is 3.17. The second kappa shape index (κ2) is 4.58. The summed E-state index contributed by atoms with van der Waals surface area (Å²) in [6.45, 7) is 2.28. The van der Waals surface area contributed by atoms with E-state index in [1.54, 1.807) is 0 Å². The maximum atomic E-state index is 6.32. The van der Waals surface area contributed by atoms with Crippen LogP contribution in [0.3, 0.4) is 0 Å². The van der Waals surface area contributed by atoms with Crippen molar-refractivity contribution in [1.29, 1.82) is 0 Å². The first-order valence-corrected chi connectivity index (χ1v) is 7.15. The van der Waals surface area contributed by atoms with Gasteiger partial charge in [-0.3, -0.25) is 4.68 Å². The van der Waals surface area contributed by atoms with Crippen LogP contribution >= 0.6 is 11.6 Å². The summed E-state index contributed by atoms with van der Waals surface area (Å²) >= 11 is 6.32. The molecule has 1 aliphatic carbocycles. The summed E-state index contributed by atoms with van der Waals surface area (Å²) in [5, 5.41) is 6.33. The van der Waals surface area contributed by atoms with Gasteiger partial charge in [0.15, 0.2) is 0 Å². The Hall–Kier alpha value is -1.02. The summed E-state index contributed by atoms with van der Waals surface area (Å²) in [5.74, 6) is 1.29. The van der Waals surface area contributed by atoms with E-state index >= 15 is 0 Å². The van der Waals surface area contributed by atoms with Crippen molar-refractivity contribution in [2.45, 2.75) is 31.6 Å². The van der Waals surface area contributed by atoms with Crippen molar-refractivity contribution in [3.8, 4) is 0 Å². The van der Waals surface area contributed by atoms with Crippen LogP contribution in [0.4, 0.5) is 0 Å². The minimum Gasteiger partial charge on any atom is -0.268 e. The minimum atomic E-state index is 0.352. The monoisotopic (exact) mass is 262 g/mol. The standard InChI is InChI=1S/C15H19ClN2/c1-10-11(7-8-13(10)16)9-14-12-5-3-4-6-15(12)18(2)17-14/h3-6,10-11,13H,7-9H2,1-2H3. The highest BCUT2D eigenvalue weighted by atomic mass is 35.5. The third kappa shape index (κ3) is 1.93. The van der Waals surface area contributed by atoms with Crippen LogP contribution in [0.15, 0.2) is 24.3 Å². The number of fused-ring (bicyclic) bond motifs is 1. The maximum absolute atomic E-state index is 6.32. The van der Waals surface area contributed by atoms with Crippen molar-refractivity contribution in [2.24, 2.45) is 18.9 Å². The van der Waals surface area contributed by atoms with Crippen molar-refractivity contribution >= 4 is 22.5 Å². The van der Waals surface area contributed by atoms with Crippen LogP contribution in [-0.2, 0) is 13.5 Å². The van der Waals surface area contributed by atoms with E-state index in [4.69, 9.17) is 11.6 Å². The molecule has 1 saturated carbocycles. The zero-order valence-electron chi connectivity index (χ0n) is 10.9. The van der Waals surface area contributed by atoms with Crippen LogP contribution in [0.25, 0.3) is 10.9 Å². The van der Waals surface area contributed by atoms with Gasteiger partial charge in [0, 0.05) is 17.8 Å². The van der Waals surface area contributed by atoms with Gasteiger partial charge in [0.2, 0.25) is 0 Å². The summed E-state index contributed by atoms with van der Waals surface area (Å²) in [7, 11) is 2.02. The summed E-state index contributed by atoms with van der Waals surface area (Å²) < 4.78 is 1.99. The van der Waals surface area contributed by atoms with Crippen LogP contribution in [0.5, 0.6) is 0 Å². The molecule has 1 heterocycles. The molecular formula is C15H19ClN2. The highest BCUT2D eigenvalue weighted by Gasteiger charge is 2.32. The molecule has 1 aromatic carbocycles. The van der Waals surface area contributed by atoms with Gasteiger partial charge in [-0.15, -0.1) is 11.6 Å². The second-order valence-electron chi connectivity index (χ2n) is 5.50. The Kier molecular flexibility index (Phi) is 3.06. The molecule has 96 valence electrons. The molecule has 0 spiro atoms. The molecule has 1 aliphatic rings. The van der Waals surface area contributed by atoms with E-state index in [0.717, 1.165) is 12.8 Å².